The molecule has 0 heterocycles. The largest absolute Gasteiger partial charge is 0.497 e. The Kier molecular flexibility index (Phi) is 4.20. The van der Waals surface area contributed by atoms with Crippen LogP contribution in [0.2, 0.25) is 0 Å². The SMILES string of the molecule is COc1cccc(NCc2cccc([N+](=O)[O-])c2C)c1. The summed E-state index contributed by atoms with van der Waals surface area (Å²) in [6, 6.07) is 12.7. The maximum absolute atomic E-state index is 10.9. The van der Waals surface area contributed by atoms with E-state index < -0.39 is 0 Å². The number of nitrogens with zero attached hydrogens (tertiary/aromatic N) is 1. The molecule has 0 aliphatic carbocycles. The molecular formula is C15H16N2O3. The molecule has 1 N–H and O–H groups in total. The van der Waals surface area contributed by atoms with Gasteiger partial charge in [-0.2, -0.15) is 0 Å². The van der Waals surface area contributed by atoms with Crippen molar-refractivity contribution in [2.75, 3.05) is 12.4 Å². The number of rotatable bonds is 5. The molecular weight excluding hydrogens is 256 g/mol. The second-order valence-corrected chi connectivity index (χ2v) is 4.40. The summed E-state index contributed by atoms with van der Waals surface area (Å²) in [5.41, 5.74) is 2.65. The second-order valence-electron chi connectivity index (χ2n) is 4.40. The van der Waals surface area contributed by atoms with E-state index in [1.54, 1.807) is 20.1 Å². The van der Waals surface area contributed by atoms with E-state index >= 15 is 0 Å². The quantitative estimate of drug-likeness (QED) is 0.668. The van der Waals surface area contributed by atoms with E-state index in [-0.39, 0.29) is 10.6 Å². The van der Waals surface area contributed by atoms with Gasteiger partial charge in [-0.15, -0.1) is 0 Å². The molecule has 0 aliphatic heterocycles. The minimum Gasteiger partial charge on any atom is -0.497 e. The molecule has 0 bridgehead atoms. The van der Waals surface area contributed by atoms with Crippen LogP contribution < -0.4 is 10.1 Å². The molecule has 0 amide bonds. The highest BCUT2D eigenvalue weighted by atomic mass is 16.6. The number of nitro groups is 1. The lowest BCUT2D eigenvalue weighted by atomic mass is 10.1. The molecule has 5 nitrogen and oxygen atoms in total. The van der Waals surface area contributed by atoms with Crippen molar-refractivity contribution in [1.29, 1.82) is 0 Å². The normalized spacial score (nSPS) is 10.1. The van der Waals surface area contributed by atoms with Crippen LogP contribution >= 0.6 is 0 Å². The van der Waals surface area contributed by atoms with Gasteiger partial charge in [-0.1, -0.05) is 18.2 Å². The summed E-state index contributed by atoms with van der Waals surface area (Å²) >= 11 is 0. The van der Waals surface area contributed by atoms with Crippen molar-refractivity contribution in [1.82, 2.24) is 0 Å². The van der Waals surface area contributed by atoms with Crippen LogP contribution in [0.25, 0.3) is 0 Å². The van der Waals surface area contributed by atoms with Crippen LogP contribution in [-0.2, 0) is 6.54 Å². The van der Waals surface area contributed by atoms with Gasteiger partial charge in [0.2, 0.25) is 0 Å². The molecule has 104 valence electrons. The summed E-state index contributed by atoms with van der Waals surface area (Å²) in [5, 5.41) is 14.1. The Morgan fingerprint density at radius 2 is 2.00 bits per heavy atom. The van der Waals surface area contributed by atoms with Crippen molar-refractivity contribution < 1.29 is 9.66 Å². The molecule has 5 heteroatoms. The molecule has 0 radical (unpaired) electrons. The molecule has 0 fully saturated rings. The van der Waals surface area contributed by atoms with E-state index in [2.05, 4.69) is 5.32 Å². The van der Waals surface area contributed by atoms with E-state index in [9.17, 15) is 10.1 Å². The van der Waals surface area contributed by atoms with Crippen LogP contribution in [0.15, 0.2) is 42.5 Å². The third kappa shape index (κ3) is 3.06. The van der Waals surface area contributed by atoms with Crippen LogP contribution in [0.5, 0.6) is 5.75 Å². The third-order valence-electron chi connectivity index (χ3n) is 3.17. The molecule has 2 rings (SSSR count). The Bertz CT molecular complexity index is 626. The summed E-state index contributed by atoms with van der Waals surface area (Å²) in [6.45, 7) is 2.29. The lowest BCUT2D eigenvalue weighted by Gasteiger charge is -2.10. The van der Waals surface area contributed by atoms with E-state index in [1.807, 2.05) is 30.3 Å². The summed E-state index contributed by atoms with van der Waals surface area (Å²) in [6.07, 6.45) is 0. The number of methoxy groups -OCH3 is 1. The third-order valence-corrected chi connectivity index (χ3v) is 3.17. The van der Waals surface area contributed by atoms with E-state index in [0.717, 1.165) is 17.0 Å². The monoisotopic (exact) mass is 272 g/mol. The number of anilines is 1. The smallest absolute Gasteiger partial charge is 0.272 e. The number of benzene rings is 2. The fourth-order valence-corrected chi connectivity index (χ4v) is 1.99. The maximum atomic E-state index is 10.9. The van der Waals surface area contributed by atoms with Crippen LogP contribution in [0.1, 0.15) is 11.1 Å². The van der Waals surface area contributed by atoms with Gasteiger partial charge in [-0.25, -0.2) is 0 Å². The average Bonchev–Trinajstić information content (AvgIpc) is 2.46. The Morgan fingerprint density at radius 3 is 2.70 bits per heavy atom. The van der Waals surface area contributed by atoms with Crippen molar-refractivity contribution >= 4 is 11.4 Å². The molecule has 2 aromatic rings. The topological polar surface area (TPSA) is 64.4 Å². The van der Waals surface area contributed by atoms with Gasteiger partial charge < -0.3 is 10.1 Å². The summed E-state index contributed by atoms with van der Waals surface area (Å²) in [5.74, 6) is 0.769. The summed E-state index contributed by atoms with van der Waals surface area (Å²) in [4.78, 5) is 10.5. The molecule has 0 atom stereocenters. The van der Waals surface area contributed by atoms with Crippen molar-refractivity contribution in [3.8, 4) is 5.75 Å². The Morgan fingerprint density at radius 1 is 1.25 bits per heavy atom. The fourth-order valence-electron chi connectivity index (χ4n) is 1.99. The van der Waals surface area contributed by atoms with Crippen molar-refractivity contribution in [2.45, 2.75) is 13.5 Å². The summed E-state index contributed by atoms with van der Waals surface area (Å²) < 4.78 is 5.15. The fraction of sp³-hybridized carbons (Fsp3) is 0.200. The maximum Gasteiger partial charge on any atom is 0.272 e. The molecule has 2 aromatic carbocycles. The molecule has 20 heavy (non-hydrogen) atoms. The first kappa shape index (κ1) is 13.9. The van der Waals surface area contributed by atoms with E-state index in [0.29, 0.717) is 12.1 Å². The minimum atomic E-state index is -0.357. The predicted molar refractivity (Wildman–Crippen MR) is 78.2 cm³/mol. The van der Waals surface area contributed by atoms with Gasteiger partial charge in [0.05, 0.1) is 12.0 Å². The number of nitrogens with one attached hydrogen (secondary N) is 1. The van der Waals surface area contributed by atoms with Gasteiger partial charge in [0.25, 0.3) is 5.69 Å². The lowest BCUT2D eigenvalue weighted by molar-refractivity contribution is -0.385. The zero-order valence-electron chi connectivity index (χ0n) is 11.4. The zero-order valence-corrected chi connectivity index (χ0v) is 11.4. The molecule has 0 aliphatic rings. The van der Waals surface area contributed by atoms with E-state index in [4.69, 9.17) is 4.74 Å². The van der Waals surface area contributed by atoms with Crippen molar-refractivity contribution in [2.24, 2.45) is 0 Å². The van der Waals surface area contributed by atoms with Gasteiger partial charge in [0.15, 0.2) is 0 Å². The van der Waals surface area contributed by atoms with Gasteiger partial charge in [-0.05, 0) is 24.6 Å². The highest BCUT2D eigenvalue weighted by Gasteiger charge is 2.12. The van der Waals surface area contributed by atoms with Gasteiger partial charge in [-0.3, -0.25) is 10.1 Å². The number of hydrogen-bond donors (Lipinski definition) is 1. The van der Waals surface area contributed by atoms with Crippen LogP contribution in [0, 0.1) is 17.0 Å². The predicted octanol–water partition coefficient (Wildman–Crippen LogP) is 3.52. The first-order valence-electron chi connectivity index (χ1n) is 6.22. The average molecular weight is 272 g/mol. The second kappa shape index (κ2) is 6.06. The Hall–Kier alpha value is -2.56. The highest BCUT2D eigenvalue weighted by Crippen LogP contribution is 2.23. The number of ether oxygens (including phenoxy) is 1. The lowest BCUT2D eigenvalue weighted by Crippen LogP contribution is -2.03. The van der Waals surface area contributed by atoms with Crippen LogP contribution in [0.4, 0.5) is 11.4 Å². The number of nitro benzene ring substituents is 1. The van der Waals surface area contributed by atoms with Crippen LogP contribution in [0.3, 0.4) is 0 Å². The molecule has 0 aromatic heterocycles. The zero-order chi connectivity index (χ0) is 14.5. The van der Waals surface area contributed by atoms with Crippen LogP contribution in [-0.4, -0.2) is 12.0 Å². The van der Waals surface area contributed by atoms with Gasteiger partial charge >= 0.3 is 0 Å². The minimum absolute atomic E-state index is 0.148. The van der Waals surface area contributed by atoms with Crippen molar-refractivity contribution in [3.63, 3.8) is 0 Å². The van der Waals surface area contributed by atoms with Gasteiger partial charge in [0.1, 0.15) is 5.75 Å². The number of hydrogen-bond acceptors (Lipinski definition) is 4. The highest BCUT2D eigenvalue weighted by molar-refractivity contribution is 5.50. The standard InChI is InChI=1S/C15H16N2O3/c1-11-12(5-3-8-15(11)17(18)19)10-16-13-6-4-7-14(9-13)20-2/h3-9,16H,10H2,1-2H3. The van der Waals surface area contributed by atoms with E-state index in [1.165, 1.54) is 6.07 Å². The first-order valence-corrected chi connectivity index (χ1v) is 6.22. The molecule has 0 spiro atoms. The molecule has 0 saturated heterocycles. The molecule has 0 saturated carbocycles. The Balaban J connectivity index is 2.14. The Labute approximate surface area is 117 Å². The van der Waals surface area contributed by atoms with Gasteiger partial charge in [0, 0.05) is 29.9 Å². The summed E-state index contributed by atoms with van der Waals surface area (Å²) in [7, 11) is 1.61. The molecule has 0 unspecified atom stereocenters. The first-order chi connectivity index (χ1) is 9.61. The van der Waals surface area contributed by atoms with Crippen molar-refractivity contribution in [3.05, 3.63) is 63.7 Å².